The molecule has 1 aromatic rings. The monoisotopic (exact) mass is 230 g/mol. The van der Waals surface area contributed by atoms with E-state index in [2.05, 4.69) is 15.5 Å². The lowest BCUT2D eigenvalue weighted by atomic mass is 10.0. The molecule has 1 fully saturated rings. The van der Waals surface area contributed by atoms with Crippen molar-refractivity contribution in [2.75, 3.05) is 6.54 Å². The summed E-state index contributed by atoms with van der Waals surface area (Å²) in [6, 6.07) is 2.02. The predicted octanol–water partition coefficient (Wildman–Crippen LogP) is 0.745. The molecule has 1 atom stereocenters. The van der Waals surface area contributed by atoms with E-state index in [0.717, 1.165) is 18.7 Å². The Hall–Kier alpha value is -1.07. The molecule has 2 heterocycles. The maximum atomic E-state index is 10.8. The van der Waals surface area contributed by atoms with Crippen molar-refractivity contribution in [1.82, 2.24) is 15.5 Å². The first-order valence-corrected chi connectivity index (χ1v) is 4.86. The molecule has 0 radical (unpaired) electrons. The van der Waals surface area contributed by atoms with Crippen LogP contribution >= 0.6 is 12.4 Å². The van der Waals surface area contributed by atoms with Crippen LogP contribution in [0.25, 0.3) is 0 Å². The normalized spacial score (nSPS) is 20.7. The molecule has 0 bridgehead atoms. The average Bonchev–Trinajstić information content (AvgIpc) is 2.68. The minimum Gasteiger partial charge on any atom is -0.364 e. The number of nitrogens with zero attached hydrogens (tertiary/aromatic N) is 1. The number of hydrogen-bond acceptors (Lipinski definition) is 3. The number of piperidine rings is 1. The number of aromatic nitrogens is 2. The van der Waals surface area contributed by atoms with E-state index in [1.165, 1.54) is 12.8 Å². The number of primary amides is 1. The minimum absolute atomic E-state index is 0. The SMILES string of the molecule is Cl.NC(=O)c1cc(C2CCCCN2)[nH]n1. The largest absolute Gasteiger partial charge is 0.364 e. The van der Waals surface area contributed by atoms with Crippen molar-refractivity contribution in [3.05, 3.63) is 17.5 Å². The smallest absolute Gasteiger partial charge is 0.269 e. The molecule has 2 rings (SSSR count). The second-order valence-electron chi connectivity index (χ2n) is 3.58. The third-order valence-corrected chi connectivity index (χ3v) is 2.54. The predicted molar refractivity (Wildman–Crippen MR) is 58.9 cm³/mol. The van der Waals surface area contributed by atoms with Crippen LogP contribution in [0.3, 0.4) is 0 Å². The number of rotatable bonds is 2. The second-order valence-corrected chi connectivity index (χ2v) is 3.58. The zero-order valence-electron chi connectivity index (χ0n) is 8.32. The maximum absolute atomic E-state index is 10.8. The number of H-pyrrole nitrogens is 1. The summed E-state index contributed by atoms with van der Waals surface area (Å²) in [5.74, 6) is -0.483. The van der Waals surface area contributed by atoms with E-state index in [1.54, 1.807) is 6.07 Å². The first-order valence-electron chi connectivity index (χ1n) is 4.86. The van der Waals surface area contributed by atoms with E-state index in [0.29, 0.717) is 11.7 Å². The van der Waals surface area contributed by atoms with Crippen molar-refractivity contribution < 1.29 is 4.79 Å². The van der Waals surface area contributed by atoms with Crippen LogP contribution in [-0.2, 0) is 0 Å². The van der Waals surface area contributed by atoms with Gasteiger partial charge in [0, 0.05) is 6.04 Å². The molecule has 0 aliphatic carbocycles. The highest BCUT2D eigenvalue weighted by Crippen LogP contribution is 2.21. The van der Waals surface area contributed by atoms with Crippen LogP contribution in [0.5, 0.6) is 0 Å². The summed E-state index contributed by atoms with van der Waals surface area (Å²) in [6.07, 6.45) is 3.51. The van der Waals surface area contributed by atoms with Gasteiger partial charge in [0.1, 0.15) is 5.69 Å². The summed E-state index contributed by atoms with van der Waals surface area (Å²) >= 11 is 0. The Bertz CT molecular complexity index is 333. The van der Waals surface area contributed by atoms with Crippen molar-refractivity contribution >= 4 is 18.3 Å². The molecule has 1 aliphatic rings. The Morgan fingerprint density at radius 2 is 2.33 bits per heavy atom. The minimum atomic E-state index is -0.483. The van der Waals surface area contributed by atoms with Crippen molar-refractivity contribution in [2.45, 2.75) is 25.3 Å². The van der Waals surface area contributed by atoms with Crippen molar-refractivity contribution in [2.24, 2.45) is 5.73 Å². The lowest BCUT2D eigenvalue weighted by molar-refractivity contribution is 0.0995. The Morgan fingerprint density at radius 3 is 2.87 bits per heavy atom. The van der Waals surface area contributed by atoms with Gasteiger partial charge in [-0.15, -0.1) is 12.4 Å². The molecule has 15 heavy (non-hydrogen) atoms. The molecule has 84 valence electrons. The summed E-state index contributed by atoms with van der Waals surface area (Å²) in [4.78, 5) is 10.8. The van der Waals surface area contributed by atoms with Gasteiger partial charge in [0.2, 0.25) is 0 Å². The van der Waals surface area contributed by atoms with Gasteiger partial charge in [-0.2, -0.15) is 5.10 Å². The molecule has 0 spiro atoms. The van der Waals surface area contributed by atoms with E-state index in [9.17, 15) is 4.79 Å². The third kappa shape index (κ3) is 2.70. The summed E-state index contributed by atoms with van der Waals surface area (Å²) < 4.78 is 0. The van der Waals surface area contributed by atoms with Crippen molar-refractivity contribution in [1.29, 1.82) is 0 Å². The molecular weight excluding hydrogens is 216 g/mol. The zero-order valence-corrected chi connectivity index (χ0v) is 9.14. The van der Waals surface area contributed by atoms with Crippen LogP contribution in [0.15, 0.2) is 6.07 Å². The van der Waals surface area contributed by atoms with E-state index in [-0.39, 0.29) is 12.4 Å². The maximum Gasteiger partial charge on any atom is 0.269 e. The number of nitrogens with two attached hydrogens (primary N) is 1. The van der Waals surface area contributed by atoms with E-state index in [1.807, 2.05) is 0 Å². The van der Waals surface area contributed by atoms with Gasteiger partial charge in [0.05, 0.1) is 5.69 Å². The Balaban J connectivity index is 0.00000112. The molecule has 5 nitrogen and oxygen atoms in total. The number of carbonyl (C=O) groups is 1. The number of halogens is 1. The Morgan fingerprint density at radius 1 is 1.53 bits per heavy atom. The quantitative estimate of drug-likeness (QED) is 0.701. The average molecular weight is 231 g/mol. The van der Waals surface area contributed by atoms with Gasteiger partial charge in [0.15, 0.2) is 0 Å². The van der Waals surface area contributed by atoms with Gasteiger partial charge in [-0.25, -0.2) is 0 Å². The van der Waals surface area contributed by atoms with Crippen LogP contribution in [0.1, 0.15) is 41.5 Å². The molecule has 1 aromatic heterocycles. The second kappa shape index (κ2) is 5.14. The standard InChI is InChI=1S/C9H14N4O.ClH/c10-9(14)8-5-7(12-13-8)6-3-1-2-4-11-6;/h5-6,11H,1-4H2,(H2,10,14)(H,12,13);1H. The molecule has 1 saturated heterocycles. The molecule has 1 aliphatic heterocycles. The lowest BCUT2D eigenvalue weighted by Gasteiger charge is -2.21. The fourth-order valence-electron chi connectivity index (χ4n) is 1.76. The molecule has 6 heteroatoms. The van der Waals surface area contributed by atoms with E-state index in [4.69, 9.17) is 5.73 Å². The van der Waals surface area contributed by atoms with Crippen LogP contribution < -0.4 is 11.1 Å². The van der Waals surface area contributed by atoms with Gasteiger partial charge in [-0.3, -0.25) is 9.89 Å². The van der Waals surface area contributed by atoms with Crippen molar-refractivity contribution in [3.63, 3.8) is 0 Å². The van der Waals surface area contributed by atoms with Crippen LogP contribution in [-0.4, -0.2) is 22.6 Å². The summed E-state index contributed by atoms with van der Waals surface area (Å²) in [7, 11) is 0. The number of amides is 1. The van der Waals surface area contributed by atoms with Crippen molar-refractivity contribution in [3.8, 4) is 0 Å². The number of hydrogen-bond donors (Lipinski definition) is 3. The first-order chi connectivity index (χ1) is 6.77. The number of nitrogens with one attached hydrogen (secondary N) is 2. The topological polar surface area (TPSA) is 83.8 Å². The zero-order chi connectivity index (χ0) is 9.97. The third-order valence-electron chi connectivity index (χ3n) is 2.54. The fourth-order valence-corrected chi connectivity index (χ4v) is 1.76. The van der Waals surface area contributed by atoms with Crippen LogP contribution in [0.2, 0.25) is 0 Å². The van der Waals surface area contributed by atoms with Gasteiger partial charge >= 0.3 is 0 Å². The van der Waals surface area contributed by atoms with Gasteiger partial charge < -0.3 is 11.1 Å². The van der Waals surface area contributed by atoms with Crippen LogP contribution in [0.4, 0.5) is 0 Å². The molecule has 1 unspecified atom stereocenters. The Labute approximate surface area is 94.2 Å². The Kier molecular flexibility index (Phi) is 4.11. The highest BCUT2D eigenvalue weighted by molar-refractivity contribution is 5.90. The summed E-state index contributed by atoms with van der Waals surface area (Å²) in [5, 5.41) is 10.1. The summed E-state index contributed by atoms with van der Waals surface area (Å²) in [5.41, 5.74) is 6.38. The molecule has 1 amide bonds. The molecule has 4 N–H and O–H groups in total. The fraction of sp³-hybridized carbons (Fsp3) is 0.556. The molecule has 0 aromatic carbocycles. The highest BCUT2D eigenvalue weighted by Gasteiger charge is 2.17. The first kappa shape index (κ1) is 12.0. The van der Waals surface area contributed by atoms with Gasteiger partial charge in [-0.05, 0) is 25.5 Å². The lowest BCUT2D eigenvalue weighted by Crippen LogP contribution is -2.27. The number of carbonyl (C=O) groups excluding carboxylic acids is 1. The summed E-state index contributed by atoms with van der Waals surface area (Å²) in [6.45, 7) is 1.02. The van der Waals surface area contributed by atoms with E-state index < -0.39 is 5.91 Å². The van der Waals surface area contributed by atoms with Crippen LogP contribution in [0, 0.1) is 0 Å². The molecular formula is C9H15ClN4O. The van der Waals surface area contributed by atoms with Gasteiger partial charge in [-0.1, -0.05) is 6.42 Å². The number of aromatic amines is 1. The van der Waals surface area contributed by atoms with Gasteiger partial charge in [0.25, 0.3) is 5.91 Å². The highest BCUT2D eigenvalue weighted by atomic mass is 35.5. The van der Waals surface area contributed by atoms with E-state index >= 15 is 0 Å². The molecule has 0 saturated carbocycles.